The summed E-state index contributed by atoms with van der Waals surface area (Å²) in [5.41, 5.74) is 3.19. The van der Waals surface area contributed by atoms with Gasteiger partial charge in [0.25, 0.3) is 0 Å². The summed E-state index contributed by atoms with van der Waals surface area (Å²) in [5, 5.41) is 2.94. The van der Waals surface area contributed by atoms with Crippen LogP contribution in [0.2, 0.25) is 0 Å². The molecule has 9 heteroatoms. The van der Waals surface area contributed by atoms with E-state index in [0.29, 0.717) is 18.7 Å². The number of rotatable bonds is 12. The molecular formula is C29H34IN3O4S. The Morgan fingerprint density at radius 3 is 2.21 bits per heavy atom. The van der Waals surface area contributed by atoms with Gasteiger partial charge in [0.1, 0.15) is 12.6 Å². The van der Waals surface area contributed by atoms with Crippen LogP contribution in [0.5, 0.6) is 0 Å². The van der Waals surface area contributed by atoms with Gasteiger partial charge in [0.2, 0.25) is 21.8 Å². The summed E-state index contributed by atoms with van der Waals surface area (Å²) in [6.07, 6.45) is 2.14. The van der Waals surface area contributed by atoms with Crippen molar-refractivity contribution < 1.29 is 18.0 Å². The summed E-state index contributed by atoms with van der Waals surface area (Å²) < 4.78 is 27.6. The maximum Gasteiger partial charge on any atom is 0.244 e. The lowest BCUT2D eigenvalue weighted by Gasteiger charge is -2.33. The van der Waals surface area contributed by atoms with Crippen molar-refractivity contribution in [3.05, 3.63) is 99.1 Å². The summed E-state index contributed by atoms with van der Waals surface area (Å²) in [4.78, 5) is 29.0. The third-order valence-electron chi connectivity index (χ3n) is 6.05. The Hall–Kier alpha value is -2.92. The number of carbonyl (C=O) groups is 2. The summed E-state index contributed by atoms with van der Waals surface area (Å²) in [5.74, 6) is -0.722. The summed E-state index contributed by atoms with van der Waals surface area (Å²) >= 11 is 2.14. The molecule has 0 bridgehead atoms. The first-order valence-corrected chi connectivity index (χ1v) is 15.4. The van der Waals surface area contributed by atoms with E-state index in [9.17, 15) is 18.0 Å². The first-order chi connectivity index (χ1) is 18.1. The zero-order valence-electron chi connectivity index (χ0n) is 21.9. The molecule has 0 heterocycles. The first kappa shape index (κ1) is 29.6. The molecule has 1 N–H and O–H groups in total. The molecule has 202 valence electrons. The van der Waals surface area contributed by atoms with E-state index >= 15 is 0 Å². The largest absolute Gasteiger partial charge is 0.354 e. The van der Waals surface area contributed by atoms with Gasteiger partial charge in [-0.05, 0) is 71.3 Å². The van der Waals surface area contributed by atoms with Gasteiger partial charge >= 0.3 is 0 Å². The predicted octanol–water partition coefficient (Wildman–Crippen LogP) is 4.53. The van der Waals surface area contributed by atoms with Crippen molar-refractivity contribution in [1.82, 2.24) is 10.2 Å². The van der Waals surface area contributed by atoms with Crippen molar-refractivity contribution >= 4 is 50.1 Å². The van der Waals surface area contributed by atoms with Gasteiger partial charge in [-0.2, -0.15) is 0 Å². The van der Waals surface area contributed by atoms with Crippen LogP contribution < -0.4 is 9.62 Å². The topological polar surface area (TPSA) is 86.8 Å². The van der Waals surface area contributed by atoms with Crippen molar-refractivity contribution in [3.8, 4) is 0 Å². The van der Waals surface area contributed by atoms with Crippen LogP contribution in [-0.4, -0.2) is 50.5 Å². The van der Waals surface area contributed by atoms with Gasteiger partial charge in [-0.1, -0.05) is 67.1 Å². The number of nitrogens with zero attached hydrogens (tertiary/aromatic N) is 2. The minimum absolute atomic E-state index is 0.169. The molecule has 3 rings (SSSR count). The highest BCUT2D eigenvalue weighted by atomic mass is 127. The summed E-state index contributed by atoms with van der Waals surface area (Å²) in [6, 6.07) is 23.4. The van der Waals surface area contributed by atoms with Gasteiger partial charge in [-0.15, -0.1) is 0 Å². The van der Waals surface area contributed by atoms with Crippen molar-refractivity contribution in [1.29, 1.82) is 0 Å². The third-order valence-corrected chi connectivity index (χ3v) is 7.91. The van der Waals surface area contributed by atoms with Crippen molar-refractivity contribution in [2.75, 3.05) is 23.7 Å². The molecule has 7 nitrogen and oxygen atoms in total. The lowest BCUT2D eigenvalue weighted by Crippen LogP contribution is -2.53. The van der Waals surface area contributed by atoms with Gasteiger partial charge in [0.05, 0.1) is 11.9 Å². The van der Waals surface area contributed by atoms with E-state index < -0.39 is 28.5 Å². The standard InChI is InChI=1S/C29H34IN3O4S/c1-4-17-31-29(35)27(19-23-10-6-5-7-11-23)32(20-24-12-8-9-22(2)18-24)28(34)21-33(38(3,36)37)26-15-13-25(30)14-16-26/h5-16,18,27H,4,17,19-21H2,1-3H3,(H,31,35)/t27-/m0/s1. The van der Waals surface area contributed by atoms with Crippen LogP contribution in [0.3, 0.4) is 0 Å². The molecular weight excluding hydrogens is 613 g/mol. The SMILES string of the molecule is CCCNC(=O)[C@H](Cc1ccccc1)N(Cc1cccc(C)c1)C(=O)CN(c1ccc(I)cc1)S(C)(=O)=O. The van der Waals surface area contributed by atoms with Gasteiger partial charge in [0, 0.05) is 23.1 Å². The average Bonchev–Trinajstić information content (AvgIpc) is 2.88. The van der Waals surface area contributed by atoms with E-state index in [2.05, 4.69) is 27.9 Å². The highest BCUT2D eigenvalue weighted by molar-refractivity contribution is 14.1. The number of hydrogen-bond donors (Lipinski definition) is 1. The van der Waals surface area contributed by atoms with E-state index in [0.717, 1.165) is 37.2 Å². The quantitative estimate of drug-likeness (QED) is 0.293. The van der Waals surface area contributed by atoms with Crippen LogP contribution >= 0.6 is 22.6 Å². The Kier molecular flexibility index (Phi) is 10.7. The maximum atomic E-state index is 14.0. The van der Waals surface area contributed by atoms with Gasteiger partial charge in [0.15, 0.2) is 0 Å². The number of carbonyl (C=O) groups excluding carboxylic acids is 2. The number of benzene rings is 3. The van der Waals surface area contributed by atoms with Crippen LogP contribution in [-0.2, 0) is 32.6 Å². The molecule has 2 amide bonds. The Labute approximate surface area is 239 Å². The van der Waals surface area contributed by atoms with Crippen molar-refractivity contribution in [3.63, 3.8) is 0 Å². The number of aryl methyl sites for hydroxylation is 1. The molecule has 0 aliphatic rings. The molecule has 0 aliphatic heterocycles. The molecule has 1 atom stereocenters. The summed E-state index contributed by atoms with van der Waals surface area (Å²) in [7, 11) is -3.78. The molecule has 3 aromatic rings. The number of nitrogens with one attached hydrogen (secondary N) is 1. The Balaban J connectivity index is 2.03. The van der Waals surface area contributed by atoms with E-state index in [-0.39, 0.29) is 12.5 Å². The highest BCUT2D eigenvalue weighted by Crippen LogP contribution is 2.21. The molecule has 0 saturated heterocycles. The fourth-order valence-corrected chi connectivity index (χ4v) is 5.36. The minimum atomic E-state index is -3.78. The number of amides is 2. The smallest absolute Gasteiger partial charge is 0.244 e. The molecule has 0 spiro atoms. The average molecular weight is 648 g/mol. The fraction of sp³-hybridized carbons (Fsp3) is 0.310. The molecule has 0 saturated carbocycles. The van der Waals surface area contributed by atoms with Crippen LogP contribution in [0.4, 0.5) is 5.69 Å². The monoisotopic (exact) mass is 647 g/mol. The van der Waals surface area contributed by atoms with Crippen molar-refractivity contribution in [2.24, 2.45) is 0 Å². The first-order valence-electron chi connectivity index (χ1n) is 12.5. The van der Waals surface area contributed by atoms with Gasteiger partial charge in [-0.3, -0.25) is 13.9 Å². The molecule has 0 radical (unpaired) electrons. The number of anilines is 1. The molecule has 38 heavy (non-hydrogen) atoms. The predicted molar refractivity (Wildman–Crippen MR) is 160 cm³/mol. The second-order valence-corrected chi connectivity index (χ2v) is 12.4. The second-order valence-electron chi connectivity index (χ2n) is 9.25. The van der Waals surface area contributed by atoms with E-state index in [4.69, 9.17) is 0 Å². The fourth-order valence-electron chi connectivity index (χ4n) is 4.15. The zero-order chi connectivity index (χ0) is 27.7. The molecule has 0 fully saturated rings. The van der Waals surface area contributed by atoms with Gasteiger partial charge in [-0.25, -0.2) is 8.42 Å². The minimum Gasteiger partial charge on any atom is -0.354 e. The molecule has 0 aromatic heterocycles. The normalized spacial score (nSPS) is 12.0. The second kappa shape index (κ2) is 13.7. The molecule has 0 unspecified atom stereocenters. The Bertz CT molecular complexity index is 1330. The van der Waals surface area contributed by atoms with E-state index in [1.54, 1.807) is 24.3 Å². The van der Waals surface area contributed by atoms with Crippen LogP contribution in [0.1, 0.15) is 30.0 Å². The van der Waals surface area contributed by atoms with Crippen LogP contribution in [0, 0.1) is 10.5 Å². The van der Waals surface area contributed by atoms with Gasteiger partial charge < -0.3 is 10.2 Å². The lowest BCUT2D eigenvalue weighted by atomic mass is 10.0. The van der Waals surface area contributed by atoms with Crippen LogP contribution in [0.25, 0.3) is 0 Å². The number of halogens is 1. The number of sulfonamides is 1. The Morgan fingerprint density at radius 1 is 0.947 bits per heavy atom. The molecule has 0 aliphatic carbocycles. The van der Waals surface area contributed by atoms with E-state index in [1.165, 1.54) is 4.90 Å². The maximum absolute atomic E-state index is 14.0. The van der Waals surface area contributed by atoms with Crippen LogP contribution in [0.15, 0.2) is 78.9 Å². The van der Waals surface area contributed by atoms with E-state index in [1.807, 2.05) is 68.4 Å². The summed E-state index contributed by atoms with van der Waals surface area (Å²) in [6.45, 7) is 4.16. The van der Waals surface area contributed by atoms with Crippen molar-refractivity contribution in [2.45, 2.75) is 39.3 Å². The molecule has 3 aromatic carbocycles. The number of hydrogen-bond acceptors (Lipinski definition) is 4. The Morgan fingerprint density at radius 2 is 1.61 bits per heavy atom. The zero-order valence-corrected chi connectivity index (χ0v) is 24.9. The lowest BCUT2D eigenvalue weighted by molar-refractivity contribution is -0.140. The highest BCUT2D eigenvalue weighted by Gasteiger charge is 2.32. The third kappa shape index (κ3) is 8.56.